The number of ether oxygens (including phenoxy) is 3. The molecule has 2 saturated heterocycles. The molecule has 0 bridgehead atoms. The molecule has 42 heavy (non-hydrogen) atoms. The first kappa shape index (κ1) is 33.3. The number of fused-ring (bicyclic) bond motifs is 2. The zero-order chi connectivity index (χ0) is 29.4. The molecule has 8 nitrogen and oxygen atoms in total. The van der Waals surface area contributed by atoms with Gasteiger partial charge in [-0.25, -0.2) is 14.4 Å². The molecule has 0 aromatic heterocycles. The molecule has 0 saturated carbocycles. The molecule has 6 rings (SSSR count). The van der Waals surface area contributed by atoms with Crippen LogP contribution < -0.4 is 5.32 Å². The van der Waals surface area contributed by atoms with Crippen LogP contribution in [0.3, 0.4) is 0 Å². The van der Waals surface area contributed by atoms with Gasteiger partial charge in [-0.15, -0.1) is 12.4 Å². The number of nitrogens with zero attached hydrogens (tertiary/aromatic N) is 1. The number of esters is 2. The maximum atomic E-state index is 12.4. The third kappa shape index (κ3) is 7.71. The lowest BCUT2D eigenvalue weighted by Crippen LogP contribution is -2.52. The van der Waals surface area contributed by atoms with Gasteiger partial charge < -0.3 is 24.4 Å². The number of carbonyl (C=O) groups is 3. The van der Waals surface area contributed by atoms with E-state index in [9.17, 15) is 14.4 Å². The van der Waals surface area contributed by atoms with Gasteiger partial charge in [0.05, 0.1) is 11.1 Å². The van der Waals surface area contributed by atoms with Crippen molar-refractivity contribution >= 4 is 75.6 Å². The molecule has 0 atom stereocenters. The van der Waals surface area contributed by atoms with E-state index in [4.69, 9.17) is 14.2 Å². The average Bonchev–Trinajstić information content (AvgIpc) is 2.90. The van der Waals surface area contributed by atoms with E-state index in [0.29, 0.717) is 37.9 Å². The number of piperidine rings is 2. The normalized spacial score (nSPS) is 20.2. The Kier molecular flexibility index (Phi) is 10.4. The molecule has 4 aliphatic heterocycles. The van der Waals surface area contributed by atoms with Crippen molar-refractivity contribution in [2.45, 2.75) is 76.1 Å². The third-order valence-electron chi connectivity index (χ3n) is 8.07. The standard InChI is InChI=1S/C18H22INO4.C13H14INO2.ClH/c1-17(2,3)24-16(22)20-8-6-18(7-9-20)11-12-4-5-13(19)10-14(12)15(21)23-18;14-10-2-1-9-8-13(3-5-15-6-4-13)17-12(16)11(9)7-10;/h4-5,10H,6-9,11H2,1-3H3;1-2,7,15H,3-6,8H2;1H. The van der Waals surface area contributed by atoms with Gasteiger partial charge >= 0.3 is 18.0 Å². The molecular weight excluding hydrogens is 786 g/mol. The summed E-state index contributed by atoms with van der Waals surface area (Å²) in [5.74, 6) is -0.396. The van der Waals surface area contributed by atoms with Crippen LogP contribution in [0.25, 0.3) is 0 Å². The summed E-state index contributed by atoms with van der Waals surface area (Å²) in [5, 5.41) is 3.31. The summed E-state index contributed by atoms with van der Waals surface area (Å²) in [6.45, 7) is 8.54. The Bertz CT molecular complexity index is 1350. The van der Waals surface area contributed by atoms with Crippen LogP contribution in [0.5, 0.6) is 0 Å². The molecule has 11 heteroatoms. The number of rotatable bonds is 0. The van der Waals surface area contributed by atoms with Crippen molar-refractivity contribution in [2.24, 2.45) is 0 Å². The van der Waals surface area contributed by atoms with Gasteiger partial charge in [-0.3, -0.25) is 0 Å². The first-order valence-electron chi connectivity index (χ1n) is 14.1. The third-order valence-corrected chi connectivity index (χ3v) is 9.41. The Morgan fingerprint density at radius 2 is 1.29 bits per heavy atom. The zero-order valence-corrected chi connectivity index (χ0v) is 29.2. The number of amides is 1. The van der Waals surface area contributed by atoms with Crippen LogP contribution in [0.2, 0.25) is 0 Å². The maximum absolute atomic E-state index is 12.4. The van der Waals surface area contributed by atoms with Gasteiger partial charge in [-0.05, 0) is 114 Å². The predicted molar refractivity (Wildman–Crippen MR) is 178 cm³/mol. The van der Waals surface area contributed by atoms with Crippen molar-refractivity contribution in [2.75, 3.05) is 26.2 Å². The number of likely N-dealkylation sites (tertiary alicyclic amines) is 1. The van der Waals surface area contributed by atoms with E-state index in [2.05, 4.69) is 62.6 Å². The lowest BCUT2D eigenvalue weighted by Gasteiger charge is -2.43. The minimum atomic E-state index is -0.500. The number of benzene rings is 2. The topological polar surface area (TPSA) is 94.2 Å². The molecule has 4 heterocycles. The highest BCUT2D eigenvalue weighted by Crippen LogP contribution is 2.37. The summed E-state index contributed by atoms with van der Waals surface area (Å²) in [7, 11) is 0. The van der Waals surface area contributed by atoms with Crippen molar-refractivity contribution in [1.29, 1.82) is 0 Å². The Labute approximate surface area is 280 Å². The molecule has 0 unspecified atom stereocenters. The van der Waals surface area contributed by atoms with E-state index in [-0.39, 0.29) is 36.0 Å². The van der Waals surface area contributed by atoms with Gasteiger partial charge in [0.1, 0.15) is 16.8 Å². The summed E-state index contributed by atoms with van der Waals surface area (Å²) in [6, 6.07) is 12.0. The maximum Gasteiger partial charge on any atom is 0.410 e. The number of halogens is 3. The molecule has 2 fully saturated rings. The van der Waals surface area contributed by atoms with Crippen molar-refractivity contribution in [3.63, 3.8) is 0 Å². The fourth-order valence-corrected chi connectivity index (χ4v) is 6.90. The molecule has 0 aliphatic carbocycles. The molecule has 1 N–H and O–H groups in total. The lowest BCUT2D eigenvalue weighted by atomic mass is 9.81. The minimum absolute atomic E-state index is 0. The van der Waals surface area contributed by atoms with E-state index in [1.54, 1.807) is 4.90 Å². The van der Waals surface area contributed by atoms with Crippen LogP contribution in [0.4, 0.5) is 4.79 Å². The van der Waals surface area contributed by atoms with Crippen LogP contribution in [0, 0.1) is 7.14 Å². The van der Waals surface area contributed by atoms with Gasteiger partial charge in [-0.2, -0.15) is 0 Å². The summed E-state index contributed by atoms with van der Waals surface area (Å²) in [5.41, 5.74) is 2.36. The highest BCUT2D eigenvalue weighted by atomic mass is 127. The Morgan fingerprint density at radius 1 is 0.833 bits per heavy atom. The van der Waals surface area contributed by atoms with Crippen molar-refractivity contribution in [3.8, 4) is 0 Å². The second-order valence-corrected chi connectivity index (χ2v) is 14.8. The van der Waals surface area contributed by atoms with E-state index in [0.717, 1.165) is 56.2 Å². The Hall–Kier alpha value is -1.64. The molecule has 2 aromatic rings. The summed E-state index contributed by atoms with van der Waals surface area (Å²) in [6.07, 6.45) is 4.41. The first-order chi connectivity index (χ1) is 19.4. The molecule has 2 aromatic carbocycles. The number of hydrogen-bond donors (Lipinski definition) is 1. The van der Waals surface area contributed by atoms with Gasteiger partial charge in [0.2, 0.25) is 0 Å². The van der Waals surface area contributed by atoms with Gasteiger partial charge in [0, 0.05) is 58.8 Å². The van der Waals surface area contributed by atoms with Crippen LogP contribution in [0.15, 0.2) is 36.4 Å². The minimum Gasteiger partial charge on any atom is -0.455 e. The quantitative estimate of drug-likeness (QED) is 0.189. The van der Waals surface area contributed by atoms with Crippen LogP contribution in [-0.4, -0.2) is 65.9 Å². The second-order valence-electron chi connectivity index (χ2n) is 12.3. The molecule has 228 valence electrons. The average molecular weight is 823 g/mol. The molecule has 2 spiro atoms. The molecule has 1 amide bonds. The number of hydrogen-bond acceptors (Lipinski definition) is 7. The lowest BCUT2D eigenvalue weighted by molar-refractivity contribution is -0.0588. The monoisotopic (exact) mass is 822 g/mol. The second kappa shape index (κ2) is 13.2. The van der Waals surface area contributed by atoms with Crippen LogP contribution >= 0.6 is 57.6 Å². The van der Waals surface area contributed by atoms with Crippen LogP contribution in [0.1, 0.15) is 78.3 Å². The Balaban J connectivity index is 0.000000198. The number of nitrogens with one attached hydrogen (secondary N) is 1. The van der Waals surface area contributed by atoms with E-state index >= 15 is 0 Å². The van der Waals surface area contributed by atoms with Gasteiger partial charge in [0.15, 0.2) is 0 Å². The molecular formula is C31H37ClI2N2O6. The zero-order valence-electron chi connectivity index (χ0n) is 24.1. The van der Waals surface area contributed by atoms with Gasteiger partial charge in [0.25, 0.3) is 0 Å². The summed E-state index contributed by atoms with van der Waals surface area (Å²) < 4.78 is 19.0. The summed E-state index contributed by atoms with van der Waals surface area (Å²) >= 11 is 4.42. The largest absolute Gasteiger partial charge is 0.455 e. The predicted octanol–water partition coefficient (Wildman–Crippen LogP) is 6.32. The van der Waals surface area contributed by atoms with E-state index in [1.165, 1.54) is 0 Å². The van der Waals surface area contributed by atoms with E-state index < -0.39 is 11.2 Å². The SMILES string of the molecule is CC(C)(C)OC(=O)N1CCC2(CC1)Cc1ccc(I)cc1C(=O)O2.Cl.O=C1OC2(CCNCC2)Cc2ccc(I)cc21. The fraction of sp³-hybridized carbons (Fsp3) is 0.516. The Morgan fingerprint density at radius 3 is 1.74 bits per heavy atom. The van der Waals surface area contributed by atoms with Crippen molar-refractivity contribution in [3.05, 3.63) is 65.8 Å². The summed E-state index contributed by atoms with van der Waals surface area (Å²) in [4.78, 5) is 38.3. The highest BCUT2D eigenvalue weighted by Gasteiger charge is 2.44. The fourth-order valence-electron chi connectivity index (χ4n) is 5.92. The molecule has 4 aliphatic rings. The smallest absolute Gasteiger partial charge is 0.410 e. The van der Waals surface area contributed by atoms with Gasteiger partial charge in [-0.1, -0.05) is 12.1 Å². The van der Waals surface area contributed by atoms with Crippen molar-refractivity contribution in [1.82, 2.24) is 10.2 Å². The van der Waals surface area contributed by atoms with Crippen molar-refractivity contribution < 1.29 is 28.6 Å². The highest BCUT2D eigenvalue weighted by molar-refractivity contribution is 14.1. The first-order valence-corrected chi connectivity index (χ1v) is 16.2. The van der Waals surface area contributed by atoms with Crippen LogP contribution in [-0.2, 0) is 27.1 Å². The number of carbonyl (C=O) groups excluding carboxylic acids is 3. The van der Waals surface area contributed by atoms with E-state index in [1.807, 2.05) is 45.0 Å². The molecule has 0 radical (unpaired) electrons.